The molecule has 1 aliphatic rings. The molecule has 0 heterocycles. The molecule has 0 aliphatic heterocycles. The highest BCUT2D eigenvalue weighted by Gasteiger charge is 2.36. The quantitative estimate of drug-likeness (QED) is 0.159. The lowest BCUT2D eigenvalue weighted by atomic mass is 9.82. The van der Waals surface area contributed by atoms with E-state index in [0.29, 0.717) is 0 Å². The van der Waals surface area contributed by atoms with Gasteiger partial charge in [0.15, 0.2) is 0 Å². The molecule has 9 aromatic carbocycles. The average molecular weight is 716 g/mol. The summed E-state index contributed by atoms with van der Waals surface area (Å²) in [4.78, 5) is 2.51. The van der Waals surface area contributed by atoms with Crippen molar-refractivity contribution >= 4 is 27.8 Å². The summed E-state index contributed by atoms with van der Waals surface area (Å²) >= 11 is 0. The van der Waals surface area contributed by atoms with E-state index in [1.54, 1.807) is 0 Å². The minimum atomic E-state index is -0.145. The number of rotatable bonds is 7. The van der Waals surface area contributed by atoms with Gasteiger partial charge in [-0.3, -0.25) is 0 Å². The molecule has 1 nitrogen and oxygen atoms in total. The zero-order valence-electron chi connectivity index (χ0n) is 31.7. The Morgan fingerprint density at radius 1 is 0.321 bits per heavy atom. The van der Waals surface area contributed by atoms with Crippen molar-refractivity contribution in [2.24, 2.45) is 0 Å². The summed E-state index contributed by atoms with van der Waals surface area (Å²) in [6.45, 7) is 4.73. The van der Waals surface area contributed by atoms with Crippen LogP contribution in [0.2, 0.25) is 0 Å². The van der Waals surface area contributed by atoms with Crippen molar-refractivity contribution in [3.63, 3.8) is 0 Å². The lowest BCUT2D eigenvalue weighted by molar-refractivity contribution is 0.660. The van der Waals surface area contributed by atoms with Crippen LogP contribution in [0.4, 0.5) is 17.1 Å². The fraction of sp³-hybridized carbons (Fsp3) is 0.0545. The van der Waals surface area contributed by atoms with Crippen molar-refractivity contribution in [1.82, 2.24) is 0 Å². The van der Waals surface area contributed by atoms with Crippen LogP contribution in [0.1, 0.15) is 25.0 Å². The third-order valence-corrected chi connectivity index (χ3v) is 11.7. The van der Waals surface area contributed by atoms with Crippen molar-refractivity contribution in [1.29, 1.82) is 0 Å². The predicted octanol–water partition coefficient (Wildman–Crippen LogP) is 15.3. The van der Waals surface area contributed by atoms with E-state index in [1.807, 2.05) is 0 Å². The molecule has 0 atom stereocenters. The first-order chi connectivity index (χ1) is 27.5. The Labute approximate surface area is 329 Å². The molecule has 0 saturated carbocycles. The molecule has 0 aromatic heterocycles. The highest BCUT2D eigenvalue weighted by Crippen LogP contribution is 2.53. The van der Waals surface area contributed by atoms with E-state index in [1.165, 1.54) is 77.5 Å². The lowest BCUT2D eigenvalue weighted by Gasteiger charge is -2.32. The SMILES string of the molecule is CC1(C)c2ccccc2-c2ccc(N(c3ccc(-c4cccc5ccccc45)cc3)c3c(-c4ccccc4)cc(-c4ccccc4)cc3-c3ccccc3)cc21. The lowest BCUT2D eigenvalue weighted by Crippen LogP contribution is -2.17. The maximum Gasteiger partial charge on any atom is 0.0618 e. The molecular formula is C55H41N. The normalized spacial score (nSPS) is 12.6. The predicted molar refractivity (Wildman–Crippen MR) is 238 cm³/mol. The molecule has 56 heavy (non-hydrogen) atoms. The second-order valence-corrected chi connectivity index (χ2v) is 15.3. The van der Waals surface area contributed by atoms with Crippen LogP contribution in [0.5, 0.6) is 0 Å². The zero-order chi connectivity index (χ0) is 37.6. The fourth-order valence-corrected chi connectivity index (χ4v) is 8.85. The summed E-state index contributed by atoms with van der Waals surface area (Å²) in [6, 6.07) is 77.8. The van der Waals surface area contributed by atoms with Gasteiger partial charge in [-0.25, -0.2) is 0 Å². The molecule has 0 N–H and O–H groups in total. The largest absolute Gasteiger partial charge is 0.309 e. The van der Waals surface area contributed by atoms with Crippen molar-refractivity contribution in [2.45, 2.75) is 19.3 Å². The van der Waals surface area contributed by atoms with Crippen molar-refractivity contribution in [2.75, 3.05) is 4.90 Å². The molecule has 0 spiro atoms. The Morgan fingerprint density at radius 3 is 1.50 bits per heavy atom. The van der Waals surface area contributed by atoms with Gasteiger partial charge in [-0.2, -0.15) is 0 Å². The molecule has 266 valence electrons. The van der Waals surface area contributed by atoms with Gasteiger partial charge < -0.3 is 4.90 Å². The van der Waals surface area contributed by atoms with Gasteiger partial charge in [0.05, 0.1) is 5.69 Å². The first-order valence-electron chi connectivity index (χ1n) is 19.5. The van der Waals surface area contributed by atoms with Gasteiger partial charge in [0.25, 0.3) is 0 Å². The van der Waals surface area contributed by atoms with Crippen LogP contribution in [0, 0.1) is 0 Å². The molecule has 10 rings (SSSR count). The topological polar surface area (TPSA) is 3.24 Å². The minimum absolute atomic E-state index is 0.145. The molecule has 0 amide bonds. The van der Waals surface area contributed by atoms with Crippen molar-refractivity contribution < 1.29 is 0 Å². The summed E-state index contributed by atoms with van der Waals surface area (Å²) in [7, 11) is 0. The summed E-state index contributed by atoms with van der Waals surface area (Å²) in [5.41, 5.74) is 18.1. The number of nitrogens with zero attached hydrogens (tertiary/aromatic N) is 1. The third-order valence-electron chi connectivity index (χ3n) is 11.7. The van der Waals surface area contributed by atoms with E-state index in [2.05, 4.69) is 231 Å². The molecule has 1 aliphatic carbocycles. The van der Waals surface area contributed by atoms with Crippen LogP contribution in [0.3, 0.4) is 0 Å². The van der Waals surface area contributed by atoms with E-state index < -0.39 is 0 Å². The fourth-order valence-electron chi connectivity index (χ4n) is 8.85. The van der Waals surface area contributed by atoms with E-state index in [0.717, 1.165) is 17.1 Å². The molecule has 0 bridgehead atoms. The van der Waals surface area contributed by atoms with E-state index in [-0.39, 0.29) is 5.41 Å². The number of fused-ring (bicyclic) bond motifs is 4. The van der Waals surface area contributed by atoms with Gasteiger partial charge in [-0.05, 0) is 103 Å². The summed E-state index contributed by atoms with van der Waals surface area (Å²) in [5, 5.41) is 2.50. The Morgan fingerprint density at radius 2 is 0.821 bits per heavy atom. The van der Waals surface area contributed by atoms with Gasteiger partial charge in [0.1, 0.15) is 0 Å². The van der Waals surface area contributed by atoms with Gasteiger partial charge in [0.2, 0.25) is 0 Å². The standard InChI is InChI=1S/C55H41N/c1-55(2)52-28-15-14-26-48(52)49-34-33-45(37-53(49)55)56(44-31-29-42(30-32-44)47-27-16-24-39-23-12-13-25-46(39)47)54-50(40-19-8-4-9-20-40)35-43(38-17-6-3-7-18-38)36-51(54)41-21-10-5-11-22-41/h3-37H,1-2H3. The van der Waals surface area contributed by atoms with Crippen molar-refractivity contribution in [3.8, 4) is 55.6 Å². The smallest absolute Gasteiger partial charge is 0.0618 e. The highest BCUT2D eigenvalue weighted by molar-refractivity contribution is 6.01. The third kappa shape index (κ3) is 5.72. The summed E-state index contributed by atoms with van der Waals surface area (Å²) < 4.78 is 0. The van der Waals surface area contributed by atoms with Crippen LogP contribution in [-0.4, -0.2) is 0 Å². The Balaban J connectivity index is 1.26. The van der Waals surface area contributed by atoms with E-state index in [4.69, 9.17) is 0 Å². The maximum atomic E-state index is 2.51. The van der Waals surface area contributed by atoms with Gasteiger partial charge in [-0.1, -0.05) is 190 Å². The molecule has 0 saturated heterocycles. The average Bonchev–Trinajstić information content (AvgIpc) is 3.50. The van der Waals surface area contributed by atoms with E-state index >= 15 is 0 Å². The van der Waals surface area contributed by atoms with Crippen LogP contribution >= 0.6 is 0 Å². The number of anilines is 3. The Kier molecular flexibility index (Phi) is 8.23. The summed E-state index contributed by atoms with van der Waals surface area (Å²) in [5.74, 6) is 0. The van der Waals surface area contributed by atoms with Gasteiger partial charge in [0, 0.05) is 27.9 Å². The second kappa shape index (κ2) is 13.7. The zero-order valence-corrected chi connectivity index (χ0v) is 31.7. The number of hydrogen-bond donors (Lipinski definition) is 0. The molecule has 0 radical (unpaired) electrons. The highest BCUT2D eigenvalue weighted by atomic mass is 15.1. The Bertz CT molecular complexity index is 2790. The molecule has 0 fully saturated rings. The number of benzene rings is 9. The van der Waals surface area contributed by atoms with Crippen LogP contribution in [0.25, 0.3) is 66.4 Å². The maximum absolute atomic E-state index is 2.51. The second-order valence-electron chi connectivity index (χ2n) is 15.3. The summed E-state index contributed by atoms with van der Waals surface area (Å²) in [6.07, 6.45) is 0. The number of hydrogen-bond acceptors (Lipinski definition) is 1. The van der Waals surface area contributed by atoms with E-state index in [9.17, 15) is 0 Å². The molecule has 1 heteroatoms. The molecule has 0 unspecified atom stereocenters. The molecular weight excluding hydrogens is 675 g/mol. The molecule has 9 aromatic rings. The Hall–Kier alpha value is -6.96. The van der Waals surface area contributed by atoms with Crippen LogP contribution in [-0.2, 0) is 5.41 Å². The first-order valence-corrected chi connectivity index (χ1v) is 19.5. The van der Waals surface area contributed by atoms with Gasteiger partial charge >= 0.3 is 0 Å². The van der Waals surface area contributed by atoms with Gasteiger partial charge in [-0.15, -0.1) is 0 Å². The monoisotopic (exact) mass is 715 g/mol. The van der Waals surface area contributed by atoms with Crippen LogP contribution < -0.4 is 4.90 Å². The van der Waals surface area contributed by atoms with Crippen LogP contribution in [0.15, 0.2) is 212 Å². The first kappa shape index (κ1) is 33.6. The van der Waals surface area contributed by atoms with Crippen molar-refractivity contribution in [3.05, 3.63) is 223 Å². The minimum Gasteiger partial charge on any atom is -0.309 e.